The molecule has 5 nitrogen and oxygen atoms in total. The standard InChI is InChI=1S/C16H22Cl2N2O3/c1-19-11-4-7-20(8-5-11)15(16(21)22)6-9-23-12-2-3-13(17)14(18)10-12/h2-3,10-11,15,19H,4-9H2,1H3,(H,21,22). The van der Waals surface area contributed by atoms with Crippen molar-refractivity contribution >= 4 is 29.2 Å². The molecule has 1 aromatic carbocycles. The summed E-state index contributed by atoms with van der Waals surface area (Å²) in [5.74, 6) is -0.205. The average molecular weight is 361 g/mol. The number of halogens is 2. The van der Waals surface area contributed by atoms with E-state index in [0.717, 1.165) is 25.9 Å². The maximum atomic E-state index is 11.5. The first-order chi connectivity index (χ1) is 11.0. The van der Waals surface area contributed by atoms with Crippen molar-refractivity contribution in [1.29, 1.82) is 0 Å². The normalized spacial score (nSPS) is 17.9. The maximum absolute atomic E-state index is 11.5. The Bertz CT molecular complexity index is 534. The summed E-state index contributed by atoms with van der Waals surface area (Å²) in [4.78, 5) is 13.6. The monoisotopic (exact) mass is 360 g/mol. The fourth-order valence-corrected chi connectivity index (χ4v) is 3.11. The van der Waals surface area contributed by atoms with Crippen LogP contribution in [0.4, 0.5) is 0 Å². The predicted octanol–water partition coefficient (Wildman–Crippen LogP) is 2.90. The molecule has 7 heteroatoms. The SMILES string of the molecule is CNC1CCN(C(CCOc2ccc(Cl)c(Cl)c2)C(=O)O)CC1. The molecule has 0 spiro atoms. The summed E-state index contributed by atoms with van der Waals surface area (Å²) in [5, 5.41) is 13.6. The zero-order chi connectivity index (χ0) is 16.8. The molecule has 0 aromatic heterocycles. The molecule has 1 heterocycles. The molecule has 0 bridgehead atoms. The molecule has 0 aliphatic carbocycles. The van der Waals surface area contributed by atoms with Gasteiger partial charge in [0, 0.05) is 31.6 Å². The Kier molecular flexibility index (Phi) is 6.96. The van der Waals surface area contributed by atoms with Gasteiger partial charge in [-0.3, -0.25) is 9.69 Å². The molecule has 2 rings (SSSR count). The zero-order valence-corrected chi connectivity index (χ0v) is 14.6. The second kappa shape index (κ2) is 8.73. The zero-order valence-electron chi connectivity index (χ0n) is 13.1. The van der Waals surface area contributed by atoms with Gasteiger partial charge in [-0.05, 0) is 32.0 Å². The van der Waals surface area contributed by atoms with Gasteiger partial charge in [0.25, 0.3) is 0 Å². The smallest absolute Gasteiger partial charge is 0.321 e. The van der Waals surface area contributed by atoms with E-state index in [0.29, 0.717) is 34.9 Å². The molecular formula is C16H22Cl2N2O3. The van der Waals surface area contributed by atoms with Crippen LogP contribution in [0.15, 0.2) is 18.2 Å². The van der Waals surface area contributed by atoms with Gasteiger partial charge in [-0.25, -0.2) is 0 Å². The van der Waals surface area contributed by atoms with Gasteiger partial charge in [0.1, 0.15) is 11.8 Å². The number of nitrogens with zero attached hydrogens (tertiary/aromatic N) is 1. The molecule has 1 unspecified atom stereocenters. The van der Waals surface area contributed by atoms with Crippen molar-refractivity contribution < 1.29 is 14.6 Å². The van der Waals surface area contributed by atoms with Crippen LogP contribution in [0.2, 0.25) is 10.0 Å². The van der Waals surface area contributed by atoms with Crippen LogP contribution in [-0.2, 0) is 4.79 Å². The van der Waals surface area contributed by atoms with Crippen molar-refractivity contribution in [2.75, 3.05) is 26.7 Å². The Labute approximate surface area is 146 Å². The number of benzene rings is 1. The van der Waals surface area contributed by atoms with Crippen molar-refractivity contribution in [2.24, 2.45) is 0 Å². The minimum Gasteiger partial charge on any atom is -0.493 e. The molecule has 1 fully saturated rings. The summed E-state index contributed by atoms with van der Waals surface area (Å²) >= 11 is 11.8. The minimum atomic E-state index is -0.800. The topological polar surface area (TPSA) is 61.8 Å². The fourth-order valence-electron chi connectivity index (χ4n) is 2.82. The molecule has 23 heavy (non-hydrogen) atoms. The molecular weight excluding hydrogens is 339 g/mol. The van der Waals surface area contributed by atoms with Crippen LogP contribution in [0, 0.1) is 0 Å². The van der Waals surface area contributed by atoms with Crippen LogP contribution in [0.25, 0.3) is 0 Å². The van der Waals surface area contributed by atoms with E-state index in [1.54, 1.807) is 18.2 Å². The molecule has 1 aromatic rings. The number of hydrogen-bond donors (Lipinski definition) is 2. The summed E-state index contributed by atoms with van der Waals surface area (Å²) in [7, 11) is 1.94. The van der Waals surface area contributed by atoms with Crippen LogP contribution in [0.3, 0.4) is 0 Å². The first kappa shape index (κ1) is 18.3. The van der Waals surface area contributed by atoms with Gasteiger partial charge in [-0.2, -0.15) is 0 Å². The van der Waals surface area contributed by atoms with Crippen molar-refractivity contribution in [1.82, 2.24) is 10.2 Å². The van der Waals surface area contributed by atoms with E-state index in [1.165, 1.54) is 0 Å². The van der Waals surface area contributed by atoms with Crippen LogP contribution in [-0.4, -0.2) is 54.8 Å². The molecule has 2 N–H and O–H groups in total. The van der Waals surface area contributed by atoms with E-state index < -0.39 is 12.0 Å². The lowest BCUT2D eigenvalue weighted by Gasteiger charge is -2.35. The predicted molar refractivity (Wildman–Crippen MR) is 91.7 cm³/mol. The van der Waals surface area contributed by atoms with Crippen molar-refractivity contribution in [3.63, 3.8) is 0 Å². The van der Waals surface area contributed by atoms with Crippen LogP contribution < -0.4 is 10.1 Å². The molecule has 1 aliphatic heterocycles. The van der Waals surface area contributed by atoms with Crippen LogP contribution in [0.1, 0.15) is 19.3 Å². The van der Waals surface area contributed by atoms with Crippen molar-refractivity contribution in [3.05, 3.63) is 28.2 Å². The van der Waals surface area contributed by atoms with E-state index in [9.17, 15) is 9.90 Å². The van der Waals surface area contributed by atoms with Gasteiger partial charge in [0.05, 0.1) is 16.7 Å². The van der Waals surface area contributed by atoms with Gasteiger partial charge in [0.15, 0.2) is 0 Å². The maximum Gasteiger partial charge on any atom is 0.321 e. The number of hydrogen-bond acceptors (Lipinski definition) is 4. The summed E-state index contributed by atoms with van der Waals surface area (Å²) in [6, 6.07) is 4.99. The molecule has 0 amide bonds. The lowest BCUT2D eigenvalue weighted by atomic mass is 10.0. The number of nitrogens with one attached hydrogen (secondary N) is 1. The van der Waals surface area contributed by atoms with Gasteiger partial charge >= 0.3 is 5.97 Å². The third kappa shape index (κ3) is 5.24. The average Bonchev–Trinajstić information content (AvgIpc) is 2.55. The molecule has 128 valence electrons. The highest BCUT2D eigenvalue weighted by Gasteiger charge is 2.29. The highest BCUT2D eigenvalue weighted by Crippen LogP contribution is 2.26. The Hall–Kier alpha value is -1.01. The van der Waals surface area contributed by atoms with Gasteiger partial charge in [-0.15, -0.1) is 0 Å². The van der Waals surface area contributed by atoms with Gasteiger partial charge in [-0.1, -0.05) is 23.2 Å². The third-order valence-electron chi connectivity index (χ3n) is 4.21. The molecule has 1 aliphatic rings. The summed E-state index contributed by atoms with van der Waals surface area (Å²) < 4.78 is 5.61. The Morgan fingerprint density at radius 3 is 2.65 bits per heavy atom. The largest absolute Gasteiger partial charge is 0.493 e. The van der Waals surface area contributed by atoms with E-state index in [2.05, 4.69) is 5.32 Å². The van der Waals surface area contributed by atoms with E-state index in [4.69, 9.17) is 27.9 Å². The highest BCUT2D eigenvalue weighted by molar-refractivity contribution is 6.42. The van der Waals surface area contributed by atoms with E-state index in [-0.39, 0.29) is 0 Å². The van der Waals surface area contributed by atoms with Crippen molar-refractivity contribution in [3.8, 4) is 5.75 Å². The minimum absolute atomic E-state index is 0.320. The lowest BCUT2D eigenvalue weighted by Crippen LogP contribution is -2.49. The molecule has 1 saturated heterocycles. The summed E-state index contributed by atoms with van der Waals surface area (Å²) in [6.07, 6.45) is 2.36. The summed E-state index contributed by atoms with van der Waals surface area (Å²) in [5.41, 5.74) is 0. The number of piperidine rings is 1. The Balaban J connectivity index is 1.85. The van der Waals surface area contributed by atoms with Gasteiger partial charge in [0.2, 0.25) is 0 Å². The fraction of sp³-hybridized carbons (Fsp3) is 0.562. The number of carboxylic acid groups (broad SMARTS) is 1. The third-order valence-corrected chi connectivity index (χ3v) is 4.95. The van der Waals surface area contributed by atoms with Crippen molar-refractivity contribution in [2.45, 2.75) is 31.3 Å². The Morgan fingerprint density at radius 1 is 1.39 bits per heavy atom. The highest BCUT2D eigenvalue weighted by atomic mass is 35.5. The molecule has 0 radical (unpaired) electrons. The van der Waals surface area contributed by atoms with Gasteiger partial charge < -0.3 is 15.2 Å². The second-order valence-corrected chi connectivity index (χ2v) is 6.48. The number of aliphatic carboxylic acids is 1. The molecule has 1 atom stereocenters. The second-order valence-electron chi connectivity index (χ2n) is 5.67. The number of carboxylic acids is 1. The lowest BCUT2D eigenvalue weighted by molar-refractivity contribution is -0.144. The number of likely N-dealkylation sites (tertiary alicyclic amines) is 1. The Morgan fingerprint density at radius 2 is 2.09 bits per heavy atom. The summed E-state index contributed by atoms with van der Waals surface area (Å²) in [6.45, 7) is 1.89. The van der Waals surface area contributed by atoms with E-state index in [1.807, 2.05) is 11.9 Å². The number of carbonyl (C=O) groups is 1. The van der Waals surface area contributed by atoms with Crippen LogP contribution in [0.5, 0.6) is 5.75 Å². The van der Waals surface area contributed by atoms with E-state index >= 15 is 0 Å². The first-order valence-corrected chi connectivity index (χ1v) is 8.49. The molecule has 0 saturated carbocycles. The van der Waals surface area contributed by atoms with Crippen LogP contribution >= 0.6 is 23.2 Å². The number of rotatable bonds is 7. The first-order valence-electron chi connectivity index (χ1n) is 7.73. The quantitative estimate of drug-likeness (QED) is 0.782. The number of ether oxygens (including phenoxy) is 1.